The van der Waals surface area contributed by atoms with E-state index in [2.05, 4.69) is 38.6 Å². The summed E-state index contributed by atoms with van der Waals surface area (Å²) in [4.78, 5) is 23.6. The Labute approximate surface area is 168 Å². The SMILES string of the molecule is O=C(N[C@H]1CN2CCC1CC2)c1n[nH]c2cc(C3=CCOCC3)ccc12.O=CO. The van der Waals surface area contributed by atoms with Crippen molar-refractivity contribution < 1.29 is 19.4 Å². The predicted molar refractivity (Wildman–Crippen MR) is 109 cm³/mol. The zero-order valence-corrected chi connectivity index (χ0v) is 16.3. The van der Waals surface area contributed by atoms with Gasteiger partial charge in [0, 0.05) is 18.0 Å². The molecule has 1 aromatic carbocycles. The number of benzene rings is 1. The Hall–Kier alpha value is -2.71. The summed E-state index contributed by atoms with van der Waals surface area (Å²) in [6.07, 6.45) is 5.43. The van der Waals surface area contributed by atoms with E-state index < -0.39 is 0 Å². The van der Waals surface area contributed by atoms with Crippen LogP contribution >= 0.6 is 0 Å². The molecule has 3 saturated heterocycles. The highest BCUT2D eigenvalue weighted by Gasteiger charge is 2.35. The first-order valence-electron chi connectivity index (χ1n) is 10.1. The number of fused-ring (bicyclic) bond motifs is 4. The van der Waals surface area contributed by atoms with Crippen LogP contribution in [0.4, 0.5) is 0 Å². The Balaban J connectivity index is 0.000000645. The molecular weight excluding hydrogens is 372 g/mol. The number of hydrogen-bond donors (Lipinski definition) is 3. The van der Waals surface area contributed by atoms with Crippen molar-refractivity contribution in [2.24, 2.45) is 5.92 Å². The van der Waals surface area contributed by atoms with Gasteiger partial charge in [-0.2, -0.15) is 5.10 Å². The molecule has 0 aliphatic carbocycles. The Morgan fingerprint density at radius 2 is 2.14 bits per heavy atom. The lowest BCUT2D eigenvalue weighted by Crippen LogP contribution is -2.57. The molecule has 4 aliphatic rings. The summed E-state index contributed by atoms with van der Waals surface area (Å²) < 4.78 is 5.38. The number of hydrogen-bond acceptors (Lipinski definition) is 5. The fourth-order valence-corrected chi connectivity index (χ4v) is 4.55. The van der Waals surface area contributed by atoms with Crippen LogP contribution in [0.25, 0.3) is 16.5 Å². The van der Waals surface area contributed by atoms with Gasteiger partial charge in [-0.25, -0.2) is 0 Å². The van der Waals surface area contributed by atoms with E-state index in [1.807, 2.05) is 6.07 Å². The quantitative estimate of drug-likeness (QED) is 0.682. The van der Waals surface area contributed by atoms with Crippen molar-refractivity contribution in [3.05, 3.63) is 35.5 Å². The molecule has 1 aromatic heterocycles. The van der Waals surface area contributed by atoms with Crippen LogP contribution in [0.1, 0.15) is 35.3 Å². The van der Waals surface area contributed by atoms with Gasteiger partial charge in [0.15, 0.2) is 5.69 Å². The van der Waals surface area contributed by atoms with Gasteiger partial charge in [-0.05, 0) is 61.5 Å². The van der Waals surface area contributed by atoms with E-state index in [0.717, 1.165) is 30.5 Å². The fourth-order valence-electron chi connectivity index (χ4n) is 4.55. The summed E-state index contributed by atoms with van der Waals surface area (Å²) in [5, 5.41) is 18.4. The molecule has 154 valence electrons. The Kier molecular flexibility index (Phi) is 5.92. The molecule has 6 rings (SSSR count). The highest BCUT2D eigenvalue weighted by Crippen LogP contribution is 2.29. The monoisotopic (exact) mass is 398 g/mol. The van der Waals surface area contributed by atoms with Crippen LogP contribution in [-0.2, 0) is 9.53 Å². The van der Waals surface area contributed by atoms with Crippen molar-refractivity contribution in [3.63, 3.8) is 0 Å². The number of nitrogens with one attached hydrogen (secondary N) is 2. The van der Waals surface area contributed by atoms with Crippen LogP contribution in [0.5, 0.6) is 0 Å². The van der Waals surface area contributed by atoms with Crippen molar-refractivity contribution in [2.45, 2.75) is 25.3 Å². The fraction of sp³-hybridized carbons (Fsp3) is 0.476. The number of carbonyl (C=O) groups excluding carboxylic acids is 1. The van der Waals surface area contributed by atoms with E-state index in [1.165, 1.54) is 37.1 Å². The summed E-state index contributed by atoms with van der Waals surface area (Å²) in [5.74, 6) is 0.550. The molecule has 1 atom stereocenters. The van der Waals surface area contributed by atoms with Gasteiger partial charge in [-0.15, -0.1) is 0 Å². The van der Waals surface area contributed by atoms with Gasteiger partial charge in [0.2, 0.25) is 0 Å². The van der Waals surface area contributed by atoms with Gasteiger partial charge in [-0.3, -0.25) is 14.7 Å². The average Bonchev–Trinajstić information content (AvgIpc) is 3.19. The van der Waals surface area contributed by atoms with Crippen LogP contribution in [0.2, 0.25) is 0 Å². The lowest BCUT2D eigenvalue weighted by atomic mass is 9.84. The summed E-state index contributed by atoms with van der Waals surface area (Å²) in [7, 11) is 0. The van der Waals surface area contributed by atoms with E-state index in [4.69, 9.17) is 14.6 Å². The van der Waals surface area contributed by atoms with Gasteiger partial charge < -0.3 is 20.1 Å². The van der Waals surface area contributed by atoms with E-state index in [-0.39, 0.29) is 18.4 Å². The molecule has 1 amide bonds. The van der Waals surface area contributed by atoms with Gasteiger partial charge in [0.05, 0.1) is 18.7 Å². The van der Waals surface area contributed by atoms with E-state index in [1.54, 1.807) is 0 Å². The first-order chi connectivity index (χ1) is 14.2. The number of amides is 1. The molecule has 29 heavy (non-hydrogen) atoms. The lowest BCUT2D eigenvalue weighted by Gasteiger charge is -2.44. The van der Waals surface area contributed by atoms with Gasteiger partial charge in [0.1, 0.15) is 0 Å². The molecule has 3 fully saturated rings. The molecular formula is C21H26N4O4. The second-order valence-corrected chi connectivity index (χ2v) is 7.71. The number of aromatic nitrogens is 2. The predicted octanol–water partition coefficient (Wildman–Crippen LogP) is 1.89. The third-order valence-corrected chi connectivity index (χ3v) is 6.08. The molecule has 3 N–H and O–H groups in total. The van der Waals surface area contributed by atoms with Crippen molar-refractivity contribution in [1.82, 2.24) is 20.4 Å². The van der Waals surface area contributed by atoms with Crippen molar-refractivity contribution in [1.29, 1.82) is 0 Å². The lowest BCUT2D eigenvalue weighted by molar-refractivity contribution is -0.122. The largest absolute Gasteiger partial charge is 0.483 e. The van der Waals surface area contributed by atoms with Crippen molar-refractivity contribution >= 4 is 28.9 Å². The van der Waals surface area contributed by atoms with Crippen LogP contribution in [0, 0.1) is 5.92 Å². The molecule has 2 aromatic rings. The summed E-state index contributed by atoms with van der Waals surface area (Å²) in [5.41, 5.74) is 3.89. The Morgan fingerprint density at radius 3 is 2.79 bits per heavy atom. The van der Waals surface area contributed by atoms with Crippen LogP contribution < -0.4 is 5.32 Å². The van der Waals surface area contributed by atoms with Crippen LogP contribution in [0.3, 0.4) is 0 Å². The normalized spacial score (nSPS) is 25.7. The molecule has 0 unspecified atom stereocenters. The maximum absolute atomic E-state index is 12.8. The standard InChI is InChI=1S/C20H24N4O2.CH2O2/c25-20(21-18-12-24-7-3-14(18)4-8-24)19-16-2-1-15(11-17(16)22-23-19)13-5-9-26-10-6-13;2-1-3/h1-2,5,11,14,18H,3-4,6-10,12H2,(H,21,25)(H,22,23);1H,(H,2,3)/t18-;/m0./s1. The first-order valence-corrected chi connectivity index (χ1v) is 10.1. The zero-order chi connectivity index (χ0) is 20.2. The third kappa shape index (κ3) is 4.18. The van der Waals surface area contributed by atoms with Gasteiger partial charge in [0.25, 0.3) is 12.4 Å². The number of carboxylic acid groups (broad SMARTS) is 1. The zero-order valence-electron chi connectivity index (χ0n) is 16.3. The molecule has 4 aliphatic heterocycles. The molecule has 0 radical (unpaired) electrons. The maximum Gasteiger partial charge on any atom is 0.290 e. The molecule has 8 nitrogen and oxygen atoms in total. The number of aromatic amines is 1. The minimum absolute atomic E-state index is 0.0620. The molecule has 5 heterocycles. The number of nitrogens with zero attached hydrogens (tertiary/aromatic N) is 2. The molecule has 0 saturated carbocycles. The summed E-state index contributed by atoms with van der Waals surface area (Å²) in [6.45, 7) is 4.50. The van der Waals surface area contributed by atoms with Gasteiger partial charge >= 0.3 is 0 Å². The summed E-state index contributed by atoms with van der Waals surface area (Å²) in [6, 6.07) is 6.43. The Bertz CT molecular complexity index is 915. The maximum atomic E-state index is 12.8. The first kappa shape index (κ1) is 19.6. The van der Waals surface area contributed by atoms with Crippen LogP contribution in [-0.4, -0.2) is 71.5 Å². The van der Waals surface area contributed by atoms with E-state index in [0.29, 0.717) is 18.2 Å². The minimum atomic E-state index is -0.250. The van der Waals surface area contributed by atoms with Crippen molar-refractivity contribution in [3.8, 4) is 0 Å². The highest BCUT2D eigenvalue weighted by molar-refractivity contribution is 6.05. The second kappa shape index (κ2) is 8.75. The highest BCUT2D eigenvalue weighted by atomic mass is 16.5. The minimum Gasteiger partial charge on any atom is -0.483 e. The van der Waals surface area contributed by atoms with E-state index in [9.17, 15) is 4.79 Å². The van der Waals surface area contributed by atoms with Gasteiger partial charge in [-0.1, -0.05) is 12.1 Å². The average molecular weight is 398 g/mol. The smallest absolute Gasteiger partial charge is 0.290 e. The molecule has 8 heteroatoms. The van der Waals surface area contributed by atoms with Crippen molar-refractivity contribution in [2.75, 3.05) is 32.8 Å². The number of piperidine rings is 3. The number of rotatable bonds is 3. The second-order valence-electron chi connectivity index (χ2n) is 7.71. The number of ether oxygens (including phenoxy) is 1. The number of H-pyrrole nitrogens is 1. The van der Waals surface area contributed by atoms with E-state index >= 15 is 0 Å². The topological polar surface area (TPSA) is 108 Å². The Morgan fingerprint density at radius 1 is 1.34 bits per heavy atom. The van der Waals surface area contributed by atoms with Crippen LogP contribution in [0.15, 0.2) is 24.3 Å². The molecule has 2 bridgehead atoms. The summed E-state index contributed by atoms with van der Waals surface area (Å²) >= 11 is 0. The molecule has 0 spiro atoms. The number of carbonyl (C=O) groups is 2. The third-order valence-electron chi connectivity index (χ3n) is 6.08.